The zero-order chi connectivity index (χ0) is 16.8. The minimum atomic E-state index is -0.427. The Labute approximate surface area is 141 Å². The second kappa shape index (κ2) is 7.47. The lowest BCUT2D eigenvalue weighted by atomic mass is 10.0. The molecule has 0 bridgehead atoms. The summed E-state index contributed by atoms with van der Waals surface area (Å²) in [6, 6.07) is 24.9. The number of aryl methyl sites for hydroxylation is 1. The first-order valence-electron chi connectivity index (χ1n) is 7.76. The fourth-order valence-corrected chi connectivity index (χ4v) is 2.28. The third-order valence-electron chi connectivity index (χ3n) is 3.57. The predicted octanol–water partition coefficient (Wildman–Crippen LogP) is 4.65. The minimum Gasteiger partial charge on any atom is -0.482 e. The van der Waals surface area contributed by atoms with Crippen LogP contribution in [0.15, 0.2) is 78.9 Å². The Bertz CT molecular complexity index is 791. The van der Waals surface area contributed by atoms with E-state index < -0.39 is 5.97 Å². The molecule has 0 unspecified atom stereocenters. The topological polar surface area (TPSA) is 35.5 Å². The molecule has 0 saturated carbocycles. The minimum absolute atomic E-state index is 0.126. The van der Waals surface area contributed by atoms with E-state index in [2.05, 4.69) is 31.2 Å². The second-order valence-corrected chi connectivity index (χ2v) is 5.47. The molecule has 3 aromatic carbocycles. The molecule has 0 saturated heterocycles. The number of carbonyl (C=O) groups is 1. The number of ether oxygens (including phenoxy) is 2. The lowest BCUT2D eigenvalue weighted by Crippen LogP contribution is -2.17. The monoisotopic (exact) mass is 318 g/mol. The average Bonchev–Trinajstić information content (AvgIpc) is 2.62. The number of carbonyl (C=O) groups excluding carboxylic acids is 1. The molecule has 0 amide bonds. The van der Waals surface area contributed by atoms with Gasteiger partial charge in [0.25, 0.3) is 0 Å². The van der Waals surface area contributed by atoms with E-state index in [1.165, 1.54) is 5.56 Å². The van der Waals surface area contributed by atoms with Gasteiger partial charge in [-0.2, -0.15) is 0 Å². The zero-order valence-corrected chi connectivity index (χ0v) is 13.4. The maximum Gasteiger partial charge on any atom is 0.349 e. The van der Waals surface area contributed by atoms with E-state index in [1.54, 1.807) is 12.1 Å². The van der Waals surface area contributed by atoms with Crippen LogP contribution in [0.2, 0.25) is 0 Å². The first kappa shape index (κ1) is 15.8. The lowest BCUT2D eigenvalue weighted by Gasteiger charge is -2.08. The van der Waals surface area contributed by atoms with Gasteiger partial charge in [0.2, 0.25) is 0 Å². The molecule has 0 atom stereocenters. The third-order valence-corrected chi connectivity index (χ3v) is 3.57. The average molecular weight is 318 g/mol. The van der Waals surface area contributed by atoms with Crippen molar-refractivity contribution in [3.8, 4) is 22.6 Å². The van der Waals surface area contributed by atoms with Crippen molar-refractivity contribution >= 4 is 5.97 Å². The van der Waals surface area contributed by atoms with E-state index in [1.807, 2.05) is 42.5 Å². The number of benzene rings is 3. The molecule has 3 rings (SSSR count). The Hall–Kier alpha value is -3.07. The van der Waals surface area contributed by atoms with Gasteiger partial charge < -0.3 is 9.47 Å². The molecule has 120 valence electrons. The van der Waals surface area contributed by atoms with Crippen LogP contribution in [0.1, 0.15) is 5.56 Å². The van der Waals surface area contributed by atoms with E-state index in [0.29, 0.717) is 11.5 Å². The molecule has 0 radical (unpaired) electrons. The Kier molecular flexibility index (Phi) is 4.92. The van der Waals surface area contributed by atoms with Crippen LogP contribution in [0.5, 0.6) is 11.5 Å². The van der Waals surface area contributed by atoms with Crippen LogP contribution in [0, 0.1) is 6.92 Å². The Morgan fingerprint density at radius 3 is 1.96 bits per heavy atom. The number of hydrogen-bond acceptors (Lipinski definition) is 3. The summed E-state index contributed by atoms with van der Waals surface area (Å²) in [6.45, 7) is 1.94. The van der Waals surface area contributed by atoms with E-state index in [9.17, 15) is 4.79 Å². The van der Waals surface area contributed by atoms with Crippen molar-refractivity contribution in [1.82, 2.24) is 0 Å². The molecule has 0 N–H and O–H groups in total. The molecule has 3 heteroatoms. The van der Waals surface area contributed by atoms with Gasteiger partial charge in [0.15, 0.2) is 6.61 Å². The molecule has 3 aromatic rings. The van der Waals surface area contributed by atoms with Gasteiger partial charge >= 0.3 is 5.97 Å². The number of esters is 1. The summed E-state index contributed by atoms with van der Waals surface area (Å²) >= 11 is 0. The smallest absolute Gasteiger partial charge is 0.349 e. The first-order chi connectivity index (χ1) is 11.7. The van der Waals surface area contributed by atoms with E-state index >= 15 is 0 Å². The Morgan fingerprint density at radius 2 is 1.33 bits per heavy atom. The highest BCUT2D eigenvalue weighted by atomic mass is 16.6. The van der Waals surface area contributed by atoms with Gasteiger partial charge in [-0.05, 0) is 42.3 Å². The summed E-state index contributed by atoms with van der Waals surface area (Å²) in [6.07, 6.45) is 0. The fourth-order valence-electron chi connectivity index (χ4n) is 2.28. The maximum atomic E-state index is 11.8. The largest absolute Gasteiger partial charge is 0.482 e. The predicted molar refractivity (Wildman–Crippen MR) is 94.2 cm³/mol. The molecule has 0 aromatic heterocycles. The van der Waals surface area contributed by atoms with Gasteiger partial charge in [-0.1, -0.05) is 60.2 Å². The first-order valence-corrected chi connectivity index (χ1v) is 7.76. The van der Waals surface area contributed by atoms with E-state index in [0.717, 1.165) is 11.1 Å². The summed E-state index contributed by atoms with van der Waals surface area (Å²) in [7, 11) is 0. The van der Waals surface area contributed by atoms with E-state index in [-0.39, 0.29) is 6.61 Å². The third kappa shape index (κ3) is 4.23. The molecular weight excluding hydrogens is 300 g/mol. The van der Waals surface area contributed by atoms with Gasteiger partial charge in [0.05, 0.1) is 0 Å². The Balaban J connectivity index is 1.56. The molecule has 0 aliphatic rings. The summed E-state index contributed by atoms with van der Waals surface area (Å²) in [5, 5.41) is 0. The molecule has 0 fully saturated rings. The van der Waals surface area contributed by atoms with Gasteiger partial charge in [-0.25, -0.2) is 4.79 Å². The van der Waals surface area contributed by atoms with Crippen molar-refractivity contribution in [2.45, 2.75) is 6.92 Å². The van der Waals surface area contributed by atoms with Crippen LogP contribution in [0.4, 0.5) is 0 Å². The Morgan fingerprint density at radius 1 is 0.750 bits per heavy atom. The van der Waals surface area contributed by atoms with Gasteiger partial charge in [0, 0.05) is 0 Å². The van der Waals surface area contributed by atoms with Crippen molar-refractivity contribution in [3.63, 3.8) is 0 Å². The van der Waals surface area contributed by atoms with Crippen molar-refractivity contribution < 1.29 is 14.3 Å². The molecule has 0 heterocycles. The summed E-state index contributed by atoms with van der Waals surface area (Å²) < 4.78 is 10.7. The highest BCUT2D eigenvalue weighted by Crippen LogP contribution is 2.22. The van der Waals surface area contributed by atoms with Gasteiger partial charge in [-0.15, -0.1) is 0 Å². The fraction of sp³-hybridized carbons (Fsp3) is 0.0952. The number of para-hydroxylation sites is 1. The van der Waals surface area contributed by atoms with Gasteiger partial charge in [0.1, 0.15) is 11.5 Å². The zero-order valence-electron chi connectivity index (χ0n) is 13.4. The van der Waals surface area contributed by atoms with Crippen LogP contribution in [-0.4, -0.2) is 12.6 Å². The van der Waals surface area contributed by atoms with Crippen LogP contribution >= 0.6 is 0 Å². The number of hydrogen-bond donors (Lipinski definition) is 0. The maximum absolute atomic E-state index is 11.8. The summed E-state index contributed by atoms with van der Waals surface area (Å²) in [5.41, 5.74) is 3.49. The van der Waals surface area contributed by atoms with E-state index in [4.69, 9.17) is 9.47 Å². The van der Waals surface area contributed by atoms with Crippen molar-refractivity contribution in [2.75, 3.05) is 6.61 Å². The van der Waals surface area contributed by atoms with Crippen LogP contribution in [0.25, 0.3) is 11.1 Å². The van der Waals surface area contributed by atoms with Crippen molar-refractivity contribution in [3.05, 3.63) is 84.4 Å². The molecule has 0 spiro atoms. The van der Waals surface area contributed by atoms with Gasteiger partial charge in [-0.3, -0.25) is 0 Å². The summed E-state index contributed by atoms with van der Waals surface area (Å²) in [4.78, 5) is 11.8. The highest BCUT2D eigenvalue weighted by molar-refractivity contribution is 5.74. The standard InChI is InChI=1S/C21H18O3/c1-16-7-9-17(10-8-16)18-11-13-19(14-12-18)23-15-21(22)24-20-5-3-2-4-6-20/h2-14H,15H2,1H3. The second-order valence-electron chi connectivity index (χ2n) is 5.47. The quantitative estimate of drug-likeness (QED) is 0.507. The van der Waals surface area contributed by atoms with Crippen LogP contribution < -0.4 is 9.47 Å². The molecular formula is C21H18O3. The molecule has 0 aliphatic carbocycles. The normalized spacial score (nSPS) is 10.2. The molecule has 0 aliphatic heterocycles. The molecule has 3 nitrogen and oxygen atoms in total. The summed E-state index contributed by atoms with van der Waals surface area (Å²) in [5.74, 6) is 0.723. The SMILES string of the molecule is Cc1ccc(-c2ccc(OCC(=O)Oc3ccccc3)cc2)cc1. The van der Waals surface area contributed by atoms with Crippen LogP contribution in [0.3, 0.4) is 0 Å². The van der Waals surface area contributed by atoms with Crippen molar-refractivity contribution in [1.29, 1.82) is 0 Å². The number of rotatable bonds is 5. The molecule has 24 heavy (non-hydrogen) atoms. The van der Waals surface area contributed by atoms with Crippen LogP contribution in [-0.2, 0) is 4.79 Å². The van der Waals surface area contributed by atoms with Crippen molar-refractivity contribution in [2.24, 2.45) is 0 Å². The lowest BCUT2D eigenvalue weighted by molar-refractivity contribution is -0.136. The highest BCUT2D eigenvalue weighted by Gasteiger charge is 2.06.